The summed E-state index contributed by atoms with van der Waals surface area (Å²) in [6, 6.07) is 2.47. The molecule has 0 aromatic carbocycles. The number of nitrogens with zero attached hydrogens (tertiary/aromatic N) is 2. The van der Waals surface area contributed by atoms with Gasteiger partial charge in [-0.15, -0.1) is 0 Å². The van der Waals surface area contributed by atoms with Crippen LogP contribution in [0.5, 0.6) is 0 Å². The predicted octanol–water partition coefficient (Wildman–Crippen LogP) is 1.76. The molecule has 0 radical (unpaired) electrons. The fourth-order valence-electron chi connectivity index (χ4n) is 2.51. The van der Waals surface area contributed by atoms with E-state index in [-0.39, 0.29) is 6.10 Å². The molecule has 4 nitrogen and oxygen atoms in total. The van der Waals surface area contributed by atoms with Gasteiger partial charge >= 0.3 is 0 Å². The molecule has 1 aliphatic rings. The van der Waals surface area contributed by atoms with Gasteiger partial charge in [-0.3, -0.25) is 4.68 Å². The molecule has 1 aromatic rings. The lowest BCUT2D eigenvalue weighted by Crippen LogP contribution is -2.37. The topological polar surface area (TPSA) is 50.1 Å². The Balaban J connectivity index is 1.90. The first-order valence-corrected chi connectivity index (χ1v) is 7.13. The van der Waals surface area contributed by atoms with E-state index in [2.05, 4.69) is 24.3 Å². The minimum atomic E-state index is -0.266. The molecule has 102 valence electrons. The molecule has 2 heterocycles. The number of aliphatic hydroxyl groups is 1. The van der Waals surface area contributed by atoms with Gasteiger partial charge in [0, 0.05) is 25.2 Å². The van der Waals surface area contributed by atoms with Gasteiger partial charge in [-0.2, -0.15) is 5.10 Å². The Morgan fingerprint density at radius 2 is 2.44 bits per heavy atom. The van der Waals surface area contributed by atoms with Crippen molar-refractivity contribution in [1.29, 1.82) is 0 Å². The Morgan fingerprint density at radius 3 is 3.11 bits per heavy atom. The van der Waals surface area contributed by atoms with Crippen molar-refractivity contribution in [3.05, 3.63) is 18.0 Å². The number of piperidine rings is 1. The summed E-state index contributed by atoms with van der Waals surface area (Å²) in [6.07, 6.45) is 5.81. The van der Waals surface area contributed by atoms with Crippen molar-refractivity contribution < 1.29 is 5.11 Å². The van der Waals surface area contributed by atoms with Crippen LogP contribution in [0.3, 0.4) is 0 Å². The Morgan fingerprint density at radius 1 is 1.61 bits per heavy atom. The second kappa shape index (κ2) is 6.34. The highest BCUT2D eigenvalue weighted by molar-refractivity contribution is 5.02. The first kappa shape index (κ1) is 13.6. The standard InChI is InChI=1S/C14H25N3O/c1-3-11(2)17-8-6-13(16-17)9-14(18)12-5-4-7-15-10-12/h6,8,11-12,14-15,18H,3-5,7,9-10H2,1-2H3. The van der Waals surface area contributed by atoms with Gasteiger partial charge in [-0.05, 0) is 44.7 Å². The van der Waals surface area contributed by atoms with E-state index >= 15 is 0 Å². The highest BCUT2D eigenvalue weighted by Crippen LogP contribution is 2.18. The van der Waals surface area contributed by atoms with Crippen molar-refractivity contribution >= 4 is 0 Å². The molecule has 0 aliphatic carbocycles. The van der Waals surface area contributed by atoms with Crippen LogP contribution in [0.4, 0.5) is 0 Å². The van der Waals surface area contributed by atoms with Crippen molar-refractivity contribution in [3.63, 3.8) is 0 Å². The van der Waals surface area contributed by atoms with Gasteiger partial charge in [0.1, 0.15) is 0 Å². The Labute approximate surface area is 109 Å². The molecule has 1 saturated heterocycles. The summed E-state index contributed by atoms with van der Waals surface area (Å²) >= 11 is 0. The third-order valence-electron chi connectivity index (χ3n) is 4.00. The molecule has 2 N–H and O–H groups in total. The number of nitrogens with one attached hydrogen (secondary N) is 1. The first-order valence-electron chi connectivity index (χ1n) is 7.13. The van der Waals surface area contributed by atoms with Gasteiger partial charge in [0.2, 0.25) is 0 Å². The summed E-state index contributed by atoms with van der Waals surface area (Å²) < 4.78 is 2.00. The fourth-order valence-corrected chi connectivity index (χ4v) is 2.51. The van der Waals surface area contributed by atoms with E-state index in [1.54, 1.807) is 0 Å². The van der Waals surface area contributed by atoms with Crippen LogP contribution in [-0.4, -0.2) is 34.1 Å². The van der Waals surface area contributed by atoms with Crippen molar-refractivity contribution in [2.45, 2.75) is 51.7 Å². The van der Waals surface area contributed by atoms with E-state index in [4.69, 9.17) is 0 Å². The van der Waals surface area contributed by atoms with Crippen molar-refractivity contribution in [2.75, 3.05) is 13.1 Å². The molecule has 0 amide bonds. The Kier molecular flexibility index (Phi) is 4.78. The van der Waals surface area contributed by atoms with Crippen LogP contribution >= 0.6 is 0 Å². The van der Waals surface area contributed by atoms with Crippen LogP contribution in [0, 0.1) is 5.92 Å². The summed E-state index contributed by atoms with van der Waals surface area (Å²) in [5.74, 6) is 0.382. The van der Waals surface area contributed by atoms with Gasteiger partial charge in [0.15, 0.2) is 0 Å². The highest BCUT2D eigenvalue weighted by Gasteiger charge is 2.22. The summed E-state index contributed by atoms with van der Waals surface area (Å²) in [5.41, 5.74) is 1.01. The number of hydrogen-bond acceptors (Lipinski definition) is 3. The van der Waals surface area contributed by atoms with Crippen molar-refractivity contribution in [3.8, 4) is 0 Å². The average Bonchev–Trinajstić information content (AvgIpc) is 2.87. The molecule has 1 aromatic heterocycles. The highest BCUT2D eigenvalue weighted by atomic mass is 16.3. The largest absolute Gasteiger partial charge is 0.392 e. The number of rotatable bonds is 5. The van der Waals surface area contributed by atoms with Gasteiger partial charge in [0.25, 0.3) is 0 Å². The second-order valence-electron chi connectivity index (χ2n) is 5.42. The van der Waals surface area contributed by atoms with Crippen molar-refractivity contribution in [2.24, 2.45) is 5.92 Å². The van der Waals surface area contributed by atoms with Crippen LogP contribution in [-0.2, 0) is 6.42 Å². The molecule has 4 heteroatoms. The zero-order chi connectivity index (χ0) is 13.0. The monoisotopic (exact) mass is 251 g/mol. The molecule has 2 rings (SSSR count). The Hall–Kier alpha value is -0.870. The van der Waals surface area contributed by atoms with Gasteiger partial charge in [-0.1, -0.05) is 6.92 Å². The molecule has 1 fully saturated rings. The lowest BCUT2D eigenvalue weighted by Gasteiger charge is -2.26. The normalized spacial score (nSPS) is 23.8. The minimum Gasteiger partial charge on any atom is -0.392 e. The lowest BCUT2D eigenvalue weighted by molar-refractivity contribution is 0.0911. The number of hydrogen-bond donors (Lipinski definition) is 2. The van der Waals surface area contributed by atoms with Crippen LogP contribution < -0.4 is 5.32 Å². The Bertz CT molecular complexity index is 358. The average molecular weight is 251 g/mol. The van der Waals surface area contributed by atoms with E-state index in [9.17, 15) is 5.11 Å². The third kappa shape index (κ3) is 3.33. The maximum Gasteiger partial charge on any atom is 0.0650 e. The quantitative estimate of drug-likeness (QED) is 0.838. The van der Waals surface area contributed by atoms with Crippen LogP contribution in [0.25, 0.3) is 0 Å². The molecular weight excluding hydrogens is 226 g/mol. The SMILES string of the molecule is CCC(C)n1ccc(CC(O)C2CCCNC2)n1. The van der Waals surface area contributed by atoms with Crippen molar-refractivity contribution in [1.82, 2.24) is 15.1 Å². The summed E-state index contributed by atoms with van der Waals surface area (Å²) in [6.45, 7) is 6.35. The molecule has 1 aliphatic heterocycles. The maximum absolute atomic E-state index is 10.2. The van der Waals surface area contributed by atoms with E-state index < -0.39 is 0 Å². The number of aromatic nitrogens is 2. The molecule has 0 saturated carbocycles. The van der Waals surface area contributed by atoms with E-state index in [1.807, 2.05) is 16.9 Å². The summed E-state index contributed by atoms with van der Waals surface area (Å²) in [4.78, 5) is 0. The van der Waals surface area contributed by atoms with E-state index in [0.29, 0.717) is 18.4 Å². The van der Waals surface area contributed by atoms with Crippen LogP contribution in [0.15, 0.2) is 12.3 Å². The van der Waals surface area contributed by atoms with Gasteiger partial charge in [-0.25, -0.2) is 0 Å². The molecule has 18 heavy (non-hydrogen) atoms. The van der Waals surface area contributed by atoms with Gasteiger partial charge in [0.05, 0.1) is 11.8 Å². The van der Waals surface area contributed by atoms with Gasteiger partial charge < -0.3 is 10.4 Å². The minimum absolute atomic E-state index is 0.266. The molecule has 3 atom stereocenters. The van der Waals surface area contributed by atoms with Crippen LogP contribution in [0.1, 0.15) is 44.8 Å². The first-order chi connectivity index (χ1) is 8.70. The molecular formula is C14H25N3O. The zero-order valence-corrected chi connectivity index (χ0v) is 11.5. The number of aliphatic hydroxyl groups excluding tert-OH is 1. The zero-order valence-electron chi connectivity index (χ0n) is 11.5. The lowest BCUT2D eigenvalue weighted by atomic mass is 9.91. The maximum atomic E-state index is 10.2. The second-order valence-corrected chi connectivity index (χ2v) is 5.42. The summed E-state index contributed by atoms with van der Waals surface area (Å²) in [7, 11) is 0. The smallest absolute Gasteiger partial charge is 0.0650 e. The molecule has 0 bridgehead atoms. The van der Waals surface area contributed by atoms with Crippen LogP contribution in [0.2, 0.25) is 0 Å². The van der Waals surface area contributed by atoms with E-state index in [0.717, 1.165) is 31.6 Å². The molecule has 3 unspecified atom stereocenters. The summed E-state index contributed by atoms with van der Waals surface area (Å²) in [5, 5.41) is 18.1. The molecule has 0 spiro atoms. The predicted molar refractivity (Wildman–Crippen MR) is 72.5 cm³/mol. The third-order valence-corrected chi connectivity index (χ3v) is 4.00. The fraction of sp³-hybridized carbons (Fsp3) is 0.786. The van der Waals surface area contributed by atoms with E-state index in [1.165, 1.54) is 6.42 Å².